The van der Waals surface area contributed by atoms with Crippen LogP contribution in [0.3, 0.4) is 0 Å². The summed E-state index contributed by atoms with van der Waals surface area (Å²) in [4.78, 5) is 0. The van der Waals surface area contributed by atoms with Crippen molar-refractivity contribution in [3.8, 4) is 5.69 Å². The fourth-order valence-electron chi connectivity index (χ4n) is 0.985. The van der Waals surface area contributed by atoms with E-state index in [1.54, 1.807) is 10.9 Å². The lowest BCUT2D eigenvalue weighted by Gasteiger charge is -1.99. The van der Waals surface area contributed by atoms with Gasteiger partial charge in [-0.1, -0.05) is 15.9 Å². The first kappa shape index (κ1) is 7.55. The highest BCUT2D eigenvalue weighted by Crippen LogP contribution is 2.13. The van der Waals surface area contributed by atoms with Gasteiger partial charge in [0, 0.05) is 16.9 Å². The van der Waals surface area contributed by atoms with Gasteiger partial charge in [-0.15, -0.1) is 0 Å². The van der Waals surface area contributed by atoms with Crippen LogP contribution in [0.2, 0.25) is 0 Å². The Labute approximate surface area is 79.0 Å². The van der Waals surface area contributed by atoms with Crippen LogP contribution in [0.4, 0.5) is 0 Å². The van der Waals surface area contributed by atoms with Crippen LogP contribution in [-0.4, -0.2) is 9.78 Å². The molecule has 1 aromatic heterocycles. The number of hydrogen-bond donors (Lipinski definition) is 0. The summed E-state index contributed by atoms with van der Waals surface area (Å²) in [6.45, 7) is 0. The van der Waals surface area contributed by atoms with Crippen molar-refractivity contribution in [3.63, 3.8) is 0 Å². The second-order valence-electron chi connectivity index (χ2n) is 2.36. The third-order valence-corrected chi connectivity index (χ3v) is 1.96. The summed E-state index contributed by atoms with van der Waals surface area (Å²) in [5, 5.41) is 4.10. The van der Waals surface area contributed by atoms with E-state index in [1.165, 1.54) is 0 Å². The molecule has 0 saturated heterocycles. The average molecular weight is 222 g/mol. The van der Waals surface area contributed by atoms with Crippen molar-refractivity contribution in [3.05, 3.63) is 47.2 Å². The Morgan fingerprint density at radius 2 is 2.33 bits per heavy atom. The van der Waals surface area contributed by atoms with Crippen LogP contribution in [0.25, 0.3) is 5.69 Å². The van der Waals surface area contributed by atoms with Crippen molar-refractivity contribution in [2.45, 2.75) is 0 Å². The largest absolute Gasteiger partial charge is 0.241 e. The van der Waals surface area contributed by atoms with Gasteiger partial charge in [0.1, 0.15) is 0 Å². The number of aromatic nitrogens is 2. The summed E-state index contributed by atoms with van der Waals surface area (Å²) in [5.41, 5.74) is 1.01. The third-order valence-electron chi connectivity index (χ3n) is 1.51. The molecule has 0 atom stereocenters. The minimum atomic E-state index is 1.01. The minimum absolute atomic E-state index is 1.01. The van der Waals surface area contributed by atoms with Gasteiger partial charge < -0.3 is 0 Å². The molecule has 0 fully saturated rings. The number of rotatable bonds is 1. The maximum absolute atomic E-state index is 4.10. The number of halogens is 1. The lowest BCUT2D eigenvalue weighted by atomic mass is 10.3. The highest BCUT2D eigenvalue weighted by Gasteiger charge is 1.94. The van der Waals surface area contributed by atoms with E-state index in [0.29, 0.717) is 0 Å². The van der Waals surface area contributed by atoms with E-state index in [2.05, 4.69) is 27.1 Å². The maximum atomic E-state index is 4.10. The Morgan fingerprint density at radius 3 is 3.00 bits per heavy atom. The molecule has 2 aromatic rings. The molecule has 0 saturated carbocycles. The van der Waals surface area contributed by atoms with Gasteiger partial charge in [-0.3, -0.25) is 0 Å². The van der Waals surface area contributed by atoms with Crippen LogP contribution in [0.1, 0.15) is 0 Å². The third kappa shape index (κ3) is 1.41. The normalized spacial score (nSPS) is 10.1. The Kier molecular flexibility index (Phi) is 1.96. The average Bonchev–Trinajstić information content (AvgIpc) is 2.56. The lowest BCUT2D eigenvalue weighted by Crippen LogP contribution is -1.92. The predicted molar refractivity (Wildman–Crippen MR) is 50.1 cm³/mol. The van der Waals surface area contributed by atoms with Crippen LogP contribution in [0.5, 0.6) is 0 Å². The number of hydrogen-bond acceptors (Lipinski definition) is 1. The summed E-state index contributed by atoms with van der Waals surface area (Å²) in [6, 6.07) is 10.6. The van der Waals surface area contributed by atoms with Gasteiger partial charge in [0.25, 0.3) is 0 Å². The fraction of sp³-hybridized carbons (Fsp3) is 0. The van der Waals surface area contributed by atoms with Crippen molar-refractivity contribution < 1.29 is 0 Å². The van der Waals surface area contributed by atoms with Gasteiger partial charge in [0.2, 0.25) is 0 Å². The molecule has 0 amide bonds. The zero-order chi connectivity index (χ0) is 8.39. The van der Waals surface area contributed by atoms with Gasteiger partial charge in [-0.25, -0.2) is 4.68 Å². The SMILES string of the molecule is Brc1c[c]cc(-n2cccn2)c1. The highest BCUT2D eigenvalue weighted by molar-refractivity contribution is 9.10. The Bertz CT molecular complexity index is 368. The predicted octanol–water partition coefficient (Wildman–Crippen LogP) is 2.43. The molecule has 0 unspecified atom stereocenters. The molecule has 0 bridgehead atoms. The Hall–Kier alpha value is -1.09. The van der Waals surface area contributed by atoms with Gasteiger partial charge in [0.05, 0.1) is 5.69 Å². The van der Waals surface area contributed by atoms with E-state index >= 15 is 0 Å². The standard InChI is InChI=1S/C9H6BrN2/c10-8-3-1-4-9(7-8)12-6-2-5-11-12/h2-7H. The Morgan fingerprint density at radius 1 is 1.42 bits per heavy atom. The van der Waals surface area contributed by atoms with Crippen LogP contribution in [0.15, 0.2) is 41.1 Å². The van der Waals surface area contributed by atoms with Gasteiger partial charge >= 0.3 is 0 Å². The smallest absolute Gasteiger partial charge is 0.0662 e. The van der Waals surface area contributed by atoms with E-state index in [0.717, 1.165) is 10.2 Å². The van der Waals surface area contributed by atoms with Crippen molar-refractivity contribution in [1.29, 1.82) is 0 Å². The van der Waals surface area contributed by atoms with E-state index in [9.17, 15) is 0 Å². The topological polar surface area (TPSA) is 17.8 Å². The van der Waals surface area contributed by atoms with Crippen molar-refractivity contribution >= 4 is 15.9 Å². The van der Waals surface area contributed by atoms with E-state index < -0.39 is 0 Å². The summed E-state index contributed by atoms with van der Waals surface area (Å²) >= 11 is 3.38. The van der Waals surface area contributed by atoms with E-state index in [1.807, 2.05) is 30.5 Å². The monoisotopic (exact) mass is 221 g/mol. The summed E-state index contributed by atoms with van der Waals surface area (Å²) in [5.74, 6) is 0. The number of nitrogens with zero attached hydrogens (tertiary/aromatic N) is 2. The molecule has 59 valence electrons. The molecule has 0 aliphatic rings. The molecular formula is C9H6BrN2. The van der Waals surface area contributed by atoms with Crippen molar-refractivity contribution in [2.75, 3.05) is 0 Å². The zero-order valence-corrected chi connectivity index (χ0v) is 7.82. The summed E-state index contributed by atoms with van der Waals surface area (Å²) < 4.78 is 2.80. The molecule has 0 N–H and O–H groups in total. The molecule has 0 aliphatic heterocycles. The van der Waals surface area contributed by atoms with E-state index in [4.69, 9.17) is 0 Å². The van der Waals surface area contributed by atoms with Crippen LogP contribution in [0, 0.1) is 6.07 Å². The molecule has 1 aromatic carbocycles. The quantitative estimate of drug-likeness (QED) is 0.724. The van der Waals surface area contributed by atoms with Crippen LogP contribution in [-0.2, 0) is 0 Å². The van der Waals surface area contributed by atoms with Gasteiger partial charge in [0.15, 0.2) is 0 Å². The second-order valence-corrected chi connectivity index (χ2v) is 3.28. The zero-order valence-electron chi connectivity index (χ0n) is 6.24. The molecular weight excluding hydrogens is 216 g/mol. The van der Waals surface area contributed by atoms with Gasteiger partial charge in [-0.2, -0.15) is 5.10 Å². The Balaban J connectivity index is 2.48. The molecule has 1 radical (unpaired) electrons. The summed E-state index contributed by atoms with van der Waals surface area (Å²) in [6.07, 6.45) is 3.65. The van der Waals surface area contributed by atoms with Crippen molar-refractivity contribution in [1.82, 2.24) is 9.78 Å². The van der Waals surface area contributed by atoms with Crippen LogP contribution >= 0.6 is 15.9 Å². The van der Waals surface area contributed by atoms with E-state index in [-0.39, 0.29) is 0 Å². The molecule has 0 spiro atoms. The molecule has 12 heavy (non-hydrogen) atoms. The first-order chi connectivity index (χ1) is 5.86. The highest BCUT2D eigenvalue weighted by atomic mass is 79.9. The first-order valence-electron chi connectivity index (χ1n) is 3.53. The van der Waals surface area contributed by atoms with Crippen LogP contribution < -0.4 is 0 Å². The minimum Gasteiger partial charge on any atom is -0.241 e. The first-order valence-corrected chi connectivity index (χ1v) is 4.32. The molecule has 2 rings (SSSR count). The molecule has 2 nitrogen and oxygen atoms in total. The van der Waals surface area contributed by atoms with Crippen molar-refractivity contribution in [2.24, 2.45) is 0 Å². The number of benzene rings is 1. The molecule has 1 heterocycles. The fourth-order valence-corrected chi connectivity index (χ4v) is 1.35. The molecule has 3 heteroatoms. The second kappa shape index (κ2) is 3.11. The summed E-state index contributed by atoms with van der Waals surface area (Å²) in [7, 11) is 0. The van der Waals surface area contributed by atoms with Gasteiger partial charge in [-0.05, 0) is 30.3 Å². The molecule has 0 aliphatic carbocycles. The lowest BCUT2D eigenvalue weighted by molar-refractivity contribution is 0.879. The maximum Gasteiger partial charge on any atom is 0.0662 e.